The van der Waals surface area contributed by atoms with Gasteiger partial charge in [-0.3, -0.25) is 0 Å². The molecule has 0 aromatic heterocycles. The summed E-state index contributed by atoms with van der Waals surface area (Å²) < 4.78 is 13.8. The largest absolute Gasteiger partial charge is 0.303 e. The van der Waals surface area contributed by atoms with E-state index in [4.69, 9.17) is 0 Å². The third kappa shape index (κ3) is 2.36. The number of hydrogen-bond acceptors (Lipinski definition) is 1. The second-order valence-corrected chi connectivity index (χ2v) is 5.64. The molecule has 0 fully saturated rings. The van der Waals surface area contributed by atoms with Gasteiger partial charge in [0.05, 0.1) is 0 Å². The van der Waals surface area contributed by atoms with Crippen molar-refractivity contribution in [2.45, 2.75) is 38.8 Å². The molecule has 0 amide bonds. The van der Waals surface area contributed by atoms with Crippen molar-refractivity contribution in [2.75, 3.05) is 0 Å². The van der Waals surface area contributed by atoms with Gasteiger partial charge in [0.25, 0.3) is 0 Å². The maximum absolute atomic E-state index is 13.8. The van der Waals surface area contributed by atoms with Crippen LogP contribution >= 0.6 is 0 Å². The molecule has 20 heavy (non-hydrogen) atoms. The van der Waals surface area contributed by atoms with Gasteiger partial charge in [-0.1, -0.05) is 36.4 Å². The lowest BCUT2D eigenvalue weighted by Gasteiger charge is -2.22. The molecule has 0 saturated heterocycles. The smallest absolute Gasteiger partial charge is 0.126 e. The molecule has 1 aliphatic carbocycles. The predicted molar refractivity (Wildman–Crippen MR) is 80.2 cm³/mol. The van der Waals surface area contributed by atoms with Crippen molar-refractivity contribution in [3.8, 4) is 0 Å². The summed E-state index contributed by atoms with van der Waals surface area (Å²) in [5.41, 5.74) is 4.63. The first kappa shape index (κ1) is 13.3. The van der Waals surface area contributed by atoms with Gasteiger partial charge in [0.15, 0.2) is 0 Å². The predicted octanol–water partition coefficient (Wildman–Crippen LogP) is 4.47. The Balaban J connectivity index is 1.81. The number of nitrogens with one attached hydrogen (secondary N) is 1. The third-order valence-electron chi connectivity index (χ3n) is 4.32. The molecule has 104 valence electrons. The Bertz CT molecular complexity index is 621. The van der Waals surface area contributed by atoms with Crippen LogP contribution < -0.4 is 5.32 Å². The topological polar surface area (TPSA) is 12.0 Å². The Kier molecular flexibility index (Phi) is 3.58. The minimum atomic E-state index is -0.0599. The number of fused-ring (bicyclic) bond motifs is 1. The van der Waals surface area contributed by atoms with Crippen molar-refractivity contribution in [1.82, 2.24) is 5.32 Å². The quantitative estimate of drug-likeness (QED) is 0.866. The first-order chi connectivity index (χ1) is 9.66. The van der Waals surface area contributed by atoms with Crippen molar-refractivity contribution in [3.63, 3.8) is 0 Å². The lowest BCUT2D eigenvalue weighted by molar-refractivity contribution is 0.464. The lowest BCUT2D eigenvalue weighted by atomic mass is 10.0. The highest BCUT2D eigenvalue weighted by Crippen LogP contribution is 2.34. The number of aryl methyl sites for hydroxylation is 1. The molecule has 2 atom stereocenters. The summed E-state index contributed by atoms with van der Waals surface area (Å²) >= 11 is 0. The highest BCUT2D eigenvalue weighted by atomic mass is 19.1. The molecule has 0 bridgehead atoms. The minimum absolute atomic E-state index is 0.0599. The molecule has 0 saturated carbocycles. The number of rotatable bonds is 3. The number of benzene rings is 2. The van der Waals surface area contributed by atoms with Crippen LogP contribution in [0.25, 0.3) is 0 Å². The molecule has 0 spiro atoms. The molecule has 1 N–H and O–H groups in total. The zero-order valence-corrected chi connectivity index (χ0v) is 12.0. The molecule has 1 aliphatic rings. The highest BCUT2D eigenvalue weighted by molar-refractivity contribution is 5.36. The molecule has 2 heteroatoms. The molecule has 3 rings (SSSR count). The lowest BCUT2D eigenvalue weighted by Crippen LogP contribution is -2.23. The summed E-state index contributed by atoms with van der Waals surface area (Å²) in [5, 5.41) is 3.65. The van der Waals surface area contributed by atoms with Crippen molar-refractivity contribution >= 4 is 0 Å². The van der Waals surface area contributed by atoms with E-state index in [1.54, 1.807) is 6.07 Å². The first-order valence-electron chi connectivity index (χ1n) is 7.25. The van der Waals surface area contributed by atoms with E-state index < -0.39 is 0 Å². The fourth-order valence-corrected chi connectivity index (χ4v) is 3.25. The summed E-state index contributed by atoms with van der Waals surface area (Å²) in [6, 6.07) is 14.4. The van der Waals surface area contributed by atoms with Gasteiger partial charge >= 0.3 is 0 Å². The summed E-state index contributed by atoms with van der Waals surface area (Å²) in [5.74, 6) is -0.0599. The van der Waals surface area contributed by atoms with Gasteiger partial charge in [-0.05, 0) is 55.0 Å². The fourth-order valence-electron chi connectivity index (χ4n) is 3.25. The van der Waals surface area contributed by atoms with Gasteiger partial charge in [-0.2, -0.15) is 0 Å². The minimum Gasteiger partial charge on any atom is -0.303 e. The zero-order valence-electron chi connectivity index (χ0n) is 12.0. The van der Waals surface area contributed by atoms with Gasteiger partial charge < -0.3 is 5.32 Å². The van der Waals surface area contributed by atoms with Gasteiger partial charge in [0.2, 0.25) is 0 Å². The monoisotopic (exact) mass is 269 g/mol. The van der Waals surface area contributed by atoms with Crippen LogP contribution in [0.4, 0.5) is 4.39 Å². The average molecular weight is 269 g/mol. The summed E-state index contributed by atoms with van der Waals surface area (Å²) in [4.78, 5) is 0. The van der Waals surface area contributed by atoms with Crippen LogP contribution in [0.3, 0.4) is 0 Å². The van der Waals surface area contributed by atoms with E-state index in [2.05, 4.69) is 43.4 Å². The van der Waals surface area contributed by atoms with E-state index in [1.807, 2.05) is 12.1 Å². The van der Waals surface area contributed by atoms with Crippen molar-refractivity contribution in [2.24, 2.45) is 0 Å². The molecule has 1 nitrogen and oxygen atoms in total. The summed E-state index contributed by atoms with van der Waals surface area (Å²) in [7, 11) is 0. The second-order valence-electron chi connectivity index (χ2n) is 5.64. The Morgan fingerprint density at radius 2 is 1.95 bits per heavy atom. The normalized spacial score (nSPS) is 18.9. The Morgan fingerprint density at radius 3 is 2.75 bits per heavy atom. The van der Waals surface area contributed by atoms with E-state index in [9.17, 15) is 4.39 Å². The number of halogens is 1. The van der Waals surface area contributed by atoms with E-state index in [0.717, 1.165) is 24.0 Å². The third-order valence-corrected chi connectivity index (χ3v) is 4.32. The molecule has 0 radical (unpaired) electrons. The SMILES string of the molecule is Cc1ccccc1[C@H](C)NC1CCc2c(F)cccc21. The molecule has 0 aliphatic heterocycles. The highest BCUT2D eigenvalue weighted by Gasteiger charge is 2.26. The van der Waals surface area contributed by atoms with Gasteiger partial charge in [-0.15, -0.1) is 0 Å². The zero-order chi connectivity index (χ0) is 14.1. The van der Waals surface area contributed by atoms with Crippen LogP contribution in [0.5, 0.6) is 0 Å². The second kappa shape index (κ2) is 5.37. The van der Waals surface area contributed by atoms with Gasteiger partial charge in [0, 0.05) is 12.1 Å². The molecular formula is C18H20FN. The van der Waals surface area contributed by atoms with Crippen LogP contribution in [0.2, 0.25) is 0 Å². The molecule has 2 aromatic carbocycles. The summed E-state index contributed by atoms with van der Waals surface area (Å²) in [6.07, 6.45) is 1.81. The van der Waals surface area contributed by atoms with Gasteiger partial charge in [0.1, 0.15) is 5.82 Å². The van der Waals surface area contributed by atoms with E-state index in [-0.39, 0.29) is 17.9 Å². The van der Waals surface area contributed by atoms with Crippen LogP contribution in [-0.4, -0.2) is 0 Å². The van der Waals surface area contributed by atoms with E-state index in [0.29, 0.717) is 0 Å². The summed E-state index contributed by atoms with van der Waals surface area (Å²) in [6.45, 7) is 4.31. The molecule has 2 aromatic rings. The maximum Gasteiger partial charge on any atom is 0.126 e. The van der Waals surface area contributed by atoms with E-state index >= 15 is 0 Å². The molecule has 0 heterocycles. The Hall–Kier alpha value is -1.67. The average Bonchev–Trinajstić information content (AvgIpc) is 2.84. The Labute approximate surface area is 119 Å². The number of hydrogen-bond donors (Lipinski definition) is 1. The molecular weight excluding hydrogens is 249 g/mol. The van der Waals surface area contributed by atoms with E-state index in [1.165, 1.54) is 11.1 Å². The van der Waals surface area contributed by atoms with Crippen LogP contribution in [0.15, 0.2) is 42.5 Å². The maximum atomic E-state index is 13.8. The van der Waals surface area contributed by atoms with Crippen molar-refractivity contribution in [3.05, 3.63) is 70.5 Å². The van der Waals surface area contributed by atoms with Crippen LogP contribution in [-0.2, 0) is 6.42 Å². The van der Waals surface area contributed by atoms with Gasteiger partial charge in [-0.25, -0.2) is 4.39 Å². The first-order valence-corrected chi connectivity index (χ1v) is 7.25. The van der Waals surface area contributed by atoms with Crippen molar-refractivity contribution in [1.29, 1.82) is 0 Å². The Morgan fingerprint density at radius 1 is 1.15 bits per heavy atom. The molecule has 1 unspecified atom stereocenters. The van der Waals surface area contributed by atoms with Crippen LogP contribution in [0, 0.1) is 12.7 Å². The standard InChI is InChI=1S/C18H20FN/c1-12-6-3-4-7-14(12)13(2)20-18-11-10-15-16(18)8-5-9-17(15)19/h3-9,13,18,20H,10-11H2,1-2H3/t13-,18?/m0/s1. The van der Waals surface area contributed by atoms with Crippen molar-refractivity contribution < 1.29 is 4.39 Å². The fraction of sp³-hybridized carbons (Fsp3) is 0.333. The van der Waals surface area contributed by atoms with Crippen LogP contribution in [0.1, 0.15) is 47.7 Å².